The molecule has 5 nitrogen and oxygen atoms in total. The van der Waals surface area contributed by atoms with Crippen LogP contribution < -0.4 is 11.3 Å². The van der Waals surface area contributed by atoms with Gasteiger partial charge in [-0.15, -0.1) is 11.3 Å². The van der Waals surface area contributed by atoms with Crippen LogP contribution in [0.15, 0.2) is 28.4 Å². The number of thiophene rings is 1. The number of carbonyl (C=O) groups is 1. The molecule has 0 saturated heterocycles. The number of hydrogen-bond donors (Lipinski definition) is 1. The zero-order valence-electron chi connectivity index (χ0n) is 17.2. The molecule has 0 aliphatic heterocycles. The average Bonchev–Trinajstić information content (AvgIpc) is 3.13. The minimum atomic E-state index is -0.687. The van der Waals surface area contributed by atoms with Gasteiger partial charge in [-0.05, 0) is 48.8 Å². The van der Waals surface area contributed by atoms with Crippen LogP contribution in [0.3, 0.4) is 0 Å². The third-order valence-corrected chi connectivity index (χ3v) is 6.74. The molecule has 0 fully saturated rings. The molecule has 152 valence electrons. The van der Waals surface area contributed by atoms with Gasteiger partial charge in [-0.25, -0.2) is 4.98 Å². The standard InChI is InChI=1S/C23H27N3O2S/c1-4-18(20(24)27)26-21(13(2)3)25-22-19(23(26)28)17(12-29-22)16-10-9-14-7-5-6-8-15(14)11-16/h9-13,18H,4-8H2,1-3H3,(H2,24,27). The minimum Gasteiger partial charge on any atom is -0.368 e. The number of rotatable bonds is 5. The fourth-order valence-corrected chi connectivity index (χ4v) is 5.30. The predicted molar refractivity (Wildman–Crippen MR) is 119 cm³/mol. The van der Waals surface area contributed by atoms with Crippen molar-refractivity contribution in [1.29, 1.82) is 0 Å². The van der Waals surface area contributed by atoms with E-state index >= 15 is 0 Å². The van der Waals surface area contributed by atoms with Crippen molar-refractivity contribution in [2.45, 2.75) is 64.8 Å². The van der Waals surface area contributed by atoms with Gasteiger partial charge in [-0.1, -0.05) is 39.0 Å². The van der Waals surface area contributed by atoms with Gasteiger partial charge in [0.05, 0.1) is 5.39 Å². The van der Waals surface area contributed by atoms with Crippen LogP contribution in [0.2, 0.25) is 0 Å². The summed E-state index contributed by atoms with van der Waals surface area (Å²) >= 11 is 1.49. The number of benzene rings is 1. The highest BCUT2D eigenvalue weighted by Gasteiger charge is 2.26. The summed E-state index contributed by atoms with van der Waals surface area (Å²) in [5.74, 6) is 0.130. The van der Waals surface area contributed by atoms with Crippen molar-refractivity contribution in [2.75, 3.05) is 0 Å². The summed E-state index contributed by atoms with van der Waals surface area (Å²) in [5, 5.41) is 2.61. The van der Waals surface area contributed by atoms with Gasteiger partial charge in [0.15, 0.2) is 0 Å². The second-order valence-corrected chi connectivity index (χ2v) is 9.00. The average molecular weight is 410 g/mol. The molecule has 1 atom stereocenters. The quantitative estimate of drug-likeness (QED) is 0.671. The van der Waals surface area contributed by atoms with Crippen LogP contribution in [0.25, 0.3) is 21.3 Å². The number of fused-ring (bicyclic) bond motifs is 2. The molecule has 2 heterocycles. The van der Waals surface area contributed by atoms with Crippen LogP contribution in [0.4, 0.5) is 0 Å². The number of primary amides is 1. The molecule has 0 spiro atoms. The smallest absolute Gasteiger partial charge is 0.263 e. The van der Waals surface area contributed by atoms with E-state index in [9.17, 15) is 9.59 Å². The van der Waals surface area contributed by atoms with E-state index in [2.05, 4.69) is 18.2 Å². The molecule has 1 aliphatic carbocycles. The summed E-state index contributed by atoms with van der Waals surface area (Å²) in [6.45, 7) is 5.83. The number of nitrogens with two attached hydrogens (primary N) is 1. The van der Waals surface area contributed by atoms with Crippen LogP contribution in [-0.2, 0) is 17.6 Å². The first-order chi connectivity index (χ1) is 13.9. The molecule has 0 radical (unpaired) electrons. The number of carbonyl (C=O) groups excluding carboxylic acids is 1. The minimum absolute atomic E-state index is 0.00907. The lowest BCUT2D eigenvalue weighted by Crippen LogP contribution is -2.36. The maximum absolute atomic E-state index is 13.6. The zero-order valence-corrected chi connectivity index (χ0v) is 18.0. The Morgan fingerprint density at radius 3 is 2.62 bits per heavy atom. The first kappa shape index (κ1) is 19.8. The highest BCUT2D eigenvalue weighted by Crippen LogP contribution is 2.34. The van der Waals surface area contributed by atoms with Crippen LogP contribution in [0.1, 0.15) is 68.9 Å². The van der Waals surface area contributed by atoms with Gasteiger partial charge in [-0.3, -0.25) is 14.2 Å². The second kappa shape index (κ2) is 7.75. The normalized spacial score (nSPS) is 14.9. The van der Waals surface area contributed by atoms with Gasteiger partial charge in [0.1, 0.15) is 16.7 Å². The van der Waals surface area contributed by atoms with Gasteiger partial charge in [0.2, 0.25) is 5.91 Å². The topological polar surface area (TPSA) is 78.0 Å². The molecule has 6 heteroatoms. The van der Waals surface area contributed by atoms with Crippen LogP contribution in [-0.4, -0.2) is 15.5 Å². The van der Waals surface area contributed by atoms with Crippen molar-refractivity contribution in [1.82, 2.24) is 9.55 Å². The number of aryl methyl sites for hydroxylation is 2. The van der Waals surface area contributed by atoms with E-state index in [1.807, 2.05) is 26.2 Å². The lowest BCUT2D eigenvalue weighted by molar-refractivity contribution is -0.121. The fourth-order valence-electron chi connectivity index (χ4n) is 4.35. The SMILES string of the molecule is CCC(C(N)=O)n1c(C(C)C)nc2scc(-c3ccc4c(c3)CCCC4)c2c1=O. The Balaban J connectivity index is 1.97. The van der Waals surface area contributed by atoms with Gasteiger partial charge in [0.25, 0.3) is 5.56 Å². The van der Waals surface area contributed by atoms with E-state index in [0.717, 1.165) is 28.8 Å². The zero-order chi connectivity index (χ0) is 20.7. The molecular formula is C23H27N3O2S. The Morgan fingerprint density at radius 2 is 1.97 bits per heavy atom. The third-order valence-electron chi connectivity index (χ3n) is 5.87. The fraction of sp³-hybridized carbons (Fsp3) is 0.435. The molecule has 29 heavy (non-hydrogen) atoms. The van der Waals surface area contributed by atoms with Gasteiger partial charge in [-0.2, -0.15) is 0 Å². The van der Waals surface area contributed by atoms with Gasteiger partial charge < -0.3 is 5.73 Å². The summed E-state index contributed by atoms with van der Waals surface area (Å²) in [7, 11) is 0. The summed E-state index contributed by atoms with van der Waals surface area (Å²) in [5.41, 5.74) is 10.2. The Labute approximate surface area is 174 Å². The first-order valence-electron chi connectivity index (χ1n) is 10.4. The molecule has 0 saturated carbocycles. The molecule has 2 N–H and O–H groups in total. The lowest BCUT2D eigenvalue weighted by atomic mass is 9.89. The Bertz CT molecular complexity index is 1140. The van der Waals surface area contributed by atoms with Crippen molar-refractivity contribution in [3.8, 4) is 11.1 Å². The Kier molecular flexibility index (Phi) is 5.30. The van der Waals surface area contributed by atoms with E-state index in [4.69, 9.17) is 10.7 Å². The van der Waals surface area contributed by atoms with E-state index in [-0.39, 0.29) is 11.5 Å². The molecule has 1 unspecified atom stereocenters. The number of hydrogen-bond acceptors (Lipinski definition) is 4. The largest absolute Gasteiger partial charge is 0.368 e. The summed E-state index contributed by atoms with van der Waals surface area (Å²) in [6, 6.07) is 5.84. The maximum atomic E-state index is 13.6. The number of aromatic nitrogens is 2. The molecule has 1 amide bonds. The molecule has 2 aromatic heterocycles. The first-order valence-corrected chi connectivity index (χ1v) is 11.3. The van der Waals surface area contributed by atoms with E-state index in [1.165, 1.54) is 39.9 Å². The van der Waals surface area contributed by atoms with Crippen molar-refractivity contribution >= 4 is 27.5 Å². The monoisotopic (exact) mass is 409 g/mol. The van der Waals surface area contributed by atoms with Gasteiger partial charge >= 0.3 is 0 Å². The van der Waals surface area contributed by atoms with Crippen molar-refractivity contribution in [2.24, 2.45) is 5.73 Å². The van der Waals surface area contributed by atoms with Crippen molar-refractivity contribution in [3.05, 3.63) is 50.9 Å². The van der Waals surface area contributed by atoms with Crippen LogP contribution in [0.5, 0.6) is 0 Å². The molecule has 1 aromatic carbocycles. The predicted octanol–water partition coefficient (Wildman–Crippen LogP) is 4.56. The van der Waals surface area contributed by atoms with E-state index in [1.54, 1.807) is 0 Å². The molecule has 3 aromatic rings. The lowest BCUT2D eigenvalue weighted by Gasteiger charge is -2.21. The third kappa shape index (κ3) is 3.39. The molecule has 4 rings (SSSR count). The van der Waals surface area contributed by atoms with Crippen LogP contribution in [0, 0.1) is 0 Å². The summed E-state index contributed by atoms with van der Waals surface area (Å²) in [6.07, 6.45) is 5.13. The molecule has 1 aliphatic rings. The van der Waals surface area contributed by atoms with Gasteiger partial charge in [0, 0.05) is 16.9 Å². The molecular weight excluding hydrogens is 382 g/mol. The Morgan fingerprint density at radius 1 is 1.24 bits per heavy atom. The highest BCUT2D eigenvalue weighted by molar-refractivity contribution is 7.17. The number of amides is 1. The highest BCUT2D eigenvalue weighted by atomic mass is 32.1. The second-order valence-electron chi connectivity index (χ2n) is 8.15. The number of nitrogens with zero attached hydrogens (tertiary/aromatic N) is 2. The van der Waals surface area contributed by atoms with E-state index in [0.29, 0.717) is 17.6 Å². The van der Waals surface area contributed by atoms with Crippen LogP contribution >= 0.6 is 11.3 Å². The van der Waals surface area contributed by atoms with Crippen molar-refractivity contribution in [3.63, 3.8) is 0 Å². The molecule has 0 bridgehead atoms. The summed E-state index contributed by atoms with van der Waals surface area (Å²) in [4.78, 5) is 31.2. The Hall–Kier alpha value is -2.47. The van der Waals surface area contributed by atoms with Crippen molar-refractivity contribution < 1.29 is 4.79 Å². The maximum Gasteiger partial charge on any atom is 0.263 e. The van der Waals surface area contributed by atoms with E-state index < -0.39 is 11.9 Å². The summed E-state index contributed by atoms with van der Waals surface area (Å²) < 4.78 is 1.53.